The SMILES string of the molecule is COc1cc(-c2ccc(O)cc2)ccc1F. The molecule has 0 radical (unpaired) electrons. The number of methoxy groups -OCH3 is 1. The Hall–Kier alpha value is -2.03. The quantitative estimate of drug-likeness (QED) is 0.838. The van der Waals surface area contributed by atoms with Gasteiger partial charge in [-0.15, -0.1) is 0 Å². The van der Waals surface area contributed by atoms with Crippen molar-refractivity contribution in [3.05, 3.63) is 48.3 Å². The van der Waals surface area contributed by atoms with Crippen molar-refractivity contribution in [3.8, 4) is 22.6 Å². The van der Waals surface area contributed by atoms with Crippen molar-refractivity contribution in [2.45, 2.75) is 0 Å². The Morgan fingerprint density at radius 1 is 1.00 bits per heavy atom. The lowest BCUT2D eigenvalue weighted by Crippen LogP contribution is -1.88. The van der Waals surface area contributed by atoms with Crippen molar-refractivity contribution < 1.29 is 14.2 Å². The first kappa shape index (κ1) is 10.5. The molecule has 2 nitrogen and oxygen atoms in total. The van der Waals surface area contributed by atoms with E-state index in [-0.39, 0.29) is 17.3 Å². The summed E-state index contributed by atoms with van der Waals surface area (Å²) in [7, 11) is 1.43. The number of aromatic hydroxyl groups is 1. The molecule has 0 fully saturated rings. The highest BCUT2D eigenvalue weighted by Gasteiger charge is 2.04. The fourth-order valence-corrected chi connectivity index (χ4v) is 1.49. The predicted octanol–water partition coefficient (Wildman–Crippen LogP) is 3.21. The number of rotatable bonds is 2. The smallest absolute Gasteiger partial charge is 0.165 e. The zero-order valence-corrected chi connectivity index (χ0v) is 8.77. The molecule has 0 amide bonds. The van der Waals surface area contributed by atoms with Gasteiger partial charge >= 0.3 is 0 Å². The number of ether oxygens (including phenoxy) is 1. The number of phenolic OH excluding ortho intramolecular Hbond substituents is 1. The van der Waals surface area contributed by atoms with Gasteiger partial charge in [0, 0.05) is 0 Å². The van der Waals surface area contributed by atoms with Crippen LogP contribution in [0.15, 0.2) is 42.5 Å². The van der Waals surface area contributed by atoms with Crippen LogP contribution in [-0.2, 0) is 0 Å². The van der Waals surface area contributed by atoms with Crippen LogP contribution >= 0.6 is 0 Å². The normalized spacial score (nSPS) is 10.1. The molecule has 16 heavy (non-hydrogen) atoms. The Bertz CT molecular complexity index is 492. The third-order valence-corrected chi connectivity index (χ3v) is 2.35. The Morgan fingerprint density at radius 2 is 1.62 bits per heavy atom. The summed E-state index contributed by atoms with van der Waals surface area (Å²) in [6.07, 6.45) is 0. The van der Waals surface area contributed by atoms with Gasteiger partial charge in [-0.25, -0.2) is 4.39 Å². The number of halogens is 1. The predicted molar refractivity (Wildman–Crippen MR) is 60.1 cm³/mol. The standard InChI is InChI=1S/C13H11FO2/c1-16-13-8-10(4-7-12(13)14)9-2-5-11(15)6-3-9/h2-8,15H,1H3. The molecule has 0 spiro atoms. The van der Waals surface area contributed by atoms with Crippen LogP contribution < -0.4 is 4.74 Å². The average molecular weight is 218 g/mol. The Labute approximate surface area is 92.9 Å². The highest BCUT2D eigenvalue weighted by molar-refractivity contribution is 5.65. The van der Waals surface area contributed by atoms with Gasteiger partial charge < -0.3 is 9.84 Å². The van der Waals surface area contributed by atoms with Gasteiger partial charge in [-0.3, -0.25) is 0 Å². The third-order valence-electron chi connectivity index (χ3n) is 2.35. The summed E-state index contributed by atoms with van der Waals surface area (Å²) >= 11 is 0. The largest absolute Gasteiger partial charge is 0.508 e. The summed E-state index contributed by atoms with van der Waals surface area (Å²) in [5, 5.41) is 9.16. The Kier molecular flexibility index (Phi) is 2.77. The summed E-state index contributed by atoms with van der Waals surface area (Å²) in [5.74, 6) is 0.0356. The highest BCUT2D eigenvalue weighted by atomic mass is 19.1. The molecule has 2 aromatic rings. The molecule has 0 atom stereocenters. The molecule has 0 unspecified atom stereocenters. The maximum absolute atomic E-state index is 13.2. The van der Waals surface area contributed by atoms with E-state index in [1.54, 1.807) is 36.4 Å². The van der Waals surface area contributed by atoms with Gasteiger partial charge in [0.25, 0.3) is 0 Å². The van der Waals surface area contributed by atoms with E-state index in [2.05, 4.69) is 0 Å². The van der Waals surface area contributed by atoms with Crippen molar-refractivity contribution in [1.29, 1.82) is 0 Å². The molecule has 2 rings (SSSR count). The number of hydrogen-bond donors (Lipinski definition) is 1. The molecule has 2 aromatic carbocycles. The fourth-order valence-electron chi connectivity index (χ4n) is 1.49. The molecule has 0 bridgehead atoms. The minimum atomic E-state index is -0.384. The van der Waals surface area contributed by atoms with Crippen LogP contribution in [0.2, 0.25) is 0 Å². The van der Waals surface area contributed by atoms with E-state index < -0.39 is 0 Å². The second-order valence-electron chi connectivity index (χ2n) is 3.40. The van der Waals surface area contributed by atoms with Gasteiger partial charge in [0.1, 0.15) is 5.75 Å². The molecule has 0 aliphatic heterocycles. The molecular formula is C13H11FO2. The molecule has 1 N–H and O–H groups in total. The molecule has 0 aliphatic carbocycles. The molecule has 0 aliphatic rings. The second kappa shape index (κ2) is 4.23. The van der Waals surface area contributed by atoms with E-state index in [1.165, 1.54) is 13.2 Å². The topological polar surface area (TPSA) is 29.5 Å². The van der Waals surface area contributed by atoms with E-state index >= 15 is 0 Å². The summed E-state index contributed by atoms with van der Waals surface area (Å²) in [6, 6.07) is 11.4. The summed E-state index contributed by atoms with van der Waals surface area (Å²) in [6.45, 7) is 0. The zero-order chi connectivity index (χ0) is 11.5. The maximum Gasteiger partial charge on any atom is 0.165 e. The van der Waals surface area contributed by atoms with Gasteiger partial charge in [-0.2, -0.15) is 0 Å². The van der Waals surface area contributed by atoms with Gasteiger partial charge in [0.05, 0.1) is 7.11 Å². The molecule has 0 heterocycles. The molecule has 3 heteroatoms. The van der Waals surface area contributed by atoms with Gasteiger partial charge in [0.2, 0.25) is 0 Å². The first-order chi connectivity index (χ1) is 7.70. The minimum absolute atomic E-state index is 0.206. The number of benzene rings is 2. The van der Waals surface area contributed by atoms with Crippen molar-refractivity contribution >= 4 is 0 Å². The second-order valence-corrected chi connectivity index (χ2v) is 3.40. The number of phenols is 1. The average Bonchev–Trinajstić information content (AvgIpc) is 2.31. The highest BCUT2D eigenvalue weighted by Crippen LogP contribution is 2.27. The number of hydrogen-bond acceptors (Lipinski definition) is 2. The van der Waals surface area contributed by atoms with E-state index in [9.17, 15) is 4.39 Å². The van der Waals surface area contributed by atoms with Crippen LogP contribution in [0.25, 0.3) is 11.1 Å². The zero-order valence-electron chi connectivity index (χ0n) is 8.77. The van der Waals surface area contributed by atoms with Crippen molar-refractivity contribution in [3.63, 3.8) is 0 Å². The third kappa shape index (κ3) is 1.98. The lowest BCUT2D eigenvalue weighted by Gasteiger charge is -2.06. The molecule has 82 valence electrons. The minimum Gasteiger partial charge on any atom is -0.508 e. The monoisotopic (exact) mass is 218 g/mol. The Morgan fingerprint density at radius 3 is 2.25 bits per heavy atom. The first-order valence-electron chi connectivity index (χ1n) is 4.83. The summed E-state index contributed by atoms with van der Waals surface area (Å²) < 4.78 is 18.1. The van der Waals surface area contributed by atoms with Crippen molar-refractivity contribution in [2.24, 2.45) is 0 Å². The summed E-state index contributed by atoms with van der Waals surface area (Å²) in [4.78, 5) is 0. The molecule has 0 saturated carbocycles. The molecule has 0 saturated heterocycles. The fraction of sp³-hybridized carbons (Fsp3) is 0.0769. The van der Waals surface area contributed by atoms with E-state index in [0.717, 1.165) is 11.1 Å². The Balaban J connectivity index is 2.44. The summed E-state index contributed by atoms with van der Waals surface area (Å²) in [5.41, 5.74) is 1.74. The van der Waals surface area contributed by atoms with Crippen LogP contribution in [0.3, 0.4) is 0 Å². The lowest BCUT2D eigenvalue weighted by atomic mass is 10.1. The molecule has 0 aromatic heterocycles. The van der Waals surface area contributed by atoms with E-state index in [4.69, 9.17) is 9.84 Å². The van der Waals surface area contributed by atoms with E-state index in [1.807, 2.05) is 0 Å². The lowest BCUT2D eigenvalue weighted by molar-refractivity contribution is 0.387. The van der Waals surface area contributed by atoms with Crippen LogP contribution in [0.4, 0.5) is 4.39 Å². The van der Waals surface area contributed by atoms with Gasteiger partial charge in [-0.1, -0.05) is 18.2 Å². The first-order valence-corrected chi connectivity index (χ1v) is 4.83. The van der Waals surface area contributed by atoms with Crippen LogP contribution in [0, 0.1) is 5.82 Å². The van der Waals surface area contributed by atoms with Crippen LogP contribution in [-0.4, -0.2) is 12.2 Å². The van der Waals surface area contributed by atoms with Crippen molar-refractivity contribution in [1.82, 2.24) is 0 Å². The van der Waals surface area contributed by atoms with Gasteiger partial charge in [-0.05, 0) is 35.4 Å². The van der Waals surface area contributed by atoms with Crippen molar-refractivity contribution in [2.75, 3.05) is 7.11 Å². The van der Waals surface area contributed by atoms with Gasteiger partial charge in [0.15, 0.2) is 11.6 Å². The maximum atomic E-state index is 13.2. The van der Waals surface area contributed by atoms with Crippen LogP contribution in [0.1, 0.15) is 0 Å². The van der Waals surface area contributed by atoms with Crippen LogP contribution in [0.5, 0.6) is 11.5 Å². The van der Waals surface area contributed by atoms with E-state index in [0.29, 0.717) is 0 Å². The molecular weight excluding hydrogens is 207 g/mol.